The van der Waals surface area contributed by atoms with E-state index < -0.39 is 25.2 Å². The number of rotatable bonds is 9. The molecule has 0 aliphatic carbocycles. The first kappa shape index (κ1) is 21.3. The first-order valence-electron chi connectivity index (χ1n) is 8.43. The molecule has 142 valence electrons. The van der Waals surface area contributed by atoms with Crippen molar-refractivity contribution in [2.24, 2.45) is 0 Å². The van der Waals surface area contributed by atoms with Crippen molar-refractivity contribution in [1.29, 1.82) is 0 Å². The molecule has 0 aromatic carbocycles. The Morgan fingerprint density at radius 1 is 1.20 bits per heavy atom. The molecular formula is C16H29N3O5Si. The van der Waals surface area contributed by atoms with E-state index in [1.165, 1.54) is 18.9 Å². The van der Waals surface area contributed by atoms with Gasteiger partial charge in [-0.25, -0.2) is 14.3 Å². The summed E-state index contributed by atoms with van der Waals surface area (Å²) in [6.07, 6.45) is 2.39. The van der Waals surface area contributed by atoms with Crippen LogP contribution in [0.1, 0.15) is 54.1 Å². The van der Waals surface area contributed by atoms with E-state index >= 15 is 0 Å². The Morgan fingerprint density at radius 2 is 1.80 bits per heavy atom. The molecule has 0 aliphatic heterocycles. The number of hydrogen-bond acceptors (Lipinski definition) is 7. The maximum absolute atomic E-state index is 11.9. The standard InChI is InChI=1S/C16H29N3O5Si/c1-7-16(2,22)25(5,6)11-9-8-10-19-13(15(21)24-4)12(17-18-19)14(20)23-3/h22H,7-11H2,1-6H3. The van der Waals surface area contributed by atoms with Gasteiger partial charge in [0.05, 0.1) is 27.5 Å². The maximum atomic E-state index is 11.9. The highest BCUT2D eigenvalue weighted by Crippen LogP contribution is 2.29. The van der Waals surface area contributed by atoms with Crippen molar-refractivity contribution < 1.29 is 24.2 Å². The van der Waals surface area contributed by atoms with Crippen LogP contribution in [0.15, 0.2) is 0 Å². The first-order valence-corrected chi connectivity index (χ1v) is 11.6. The molecule has 1 N–H and O–H groups in total. The van der Waals surface area contributed by atoms with Crippen LogP contribution in [0.3, 0.4) is 0 Å². The van der Waals surface area contributed by atoms with Gasteiger partial charge in [0, 0.05) is 6.54 Å². The molecule has 9 heteroatoms. The van der Waals surface area contributed by atoms with Crippen LogP contribution in [-0.2, 0) is 16.0 Å². The molecule has 1 heterocycles. The number of nitrogens with zero attached hydrogens (tertiary/aromatic N) is 3. The predicted molar refractivity (Wildman–Crippen MR) is 95.1 cm³/mol. The molecule has 0 radical (unpaired) electrons. The van der Waals surface area contributed by atoms with Gasteiger partial charge in [0.1, 0.15) is 0 Å². The lowest BCUT2D eigenvalue weighted by molar-refractivity contribution is 0.0543. The highest BCUT2D eigenvalue weighted by molar-refractivity contribution is 6.80. The van der Waals surface area contributed by atoms with Gasteiger partial charge in [0.15, 0.2) is 5.69 Å². The first-order chi connectivity index (χ1) is 11.6. The minimum atomic E-state index is -1.79. The summed E-state index contributed by atoms with van der Waals surface area (Å²) in [6, 6.07) is 0.958. The normalized spacial score (nSPS) is 14.0. The summed E-state index contributed by atoms with van der Waals surface area (Å²) in [5, 5.41) is 17.5. The fourth-order valence-electron chi connectivity index (χ4n) is 2.58. The number of aryl methyl sites for hydroxylation is 1. The molecule has 1 aromatic heterocycles. The van der Waals surface area contributed by atoms with Gasteiger partial charge in [-0.15, -0.1) is 5.10 Å². The minimum absolute atomic E-state index is 0.00594. The summed E-state index contributed by atoms with van der Waals surface area (Å²) < 4.78 is 10.7. The van der Waals surface area contributed by atoms with Crippen LogP contribution in [0.2, 0.25) is 19.1 Å². The van der Waals surface area contributed by atoms with E-state index in [0.717, 1.165) is 25.3 Å². The summed E-state index contributed by atoms with van der Waals surface area (Å²) in [7, 11) is 0.669. The third-order valence-corrected chi connectivity index (χ3v) is 9.93. The van der Waals surface area contributed by atoms with Crippen LogP contribution in [0, 0.1) is 0 Å². The number of aliphatic hydroxyl groups is 1. The molecule has 0 fully saturated rings. The summed E-state index contributed by atoms with van der Waals surface area (Å²) >= 11 is 0. The number of esters is 2. The van der Waals surface area contributed by atoms with Crippen molar-refractivity contribution in [3.8, 4) is 0 Å². The van der Waals surface area contributed by atoms with Crippen molar-refractivity contribution in [2.45, 2.75) is 64.0 Å². The van der Waals surface area contributed by atoms with Crippen molar-refractivity contribution in [2.75, 3.05) is 14.2 Å². The van der Waals surface area contributed by atoms with Crippen LogP contribution in [0.5, 0.6) is 0 Å². The second-order valence-corrected chi connectivity index (χ2v) is 12.3. The Bertz CT molecular complexity index is 613. The lowest BCUT2D eigenvalue weighted by Crippen LogP contribution is -2.51. The second kappa shape index (κ2) is 8.57. The molecule has 0 saturated carbocycles. The topological polar surface area (TPSA) is 104 Å². The Kier molecular flexibility index (Phi) is 7.30. The Balaban J connectivity index is 2.77. The monoisotopic (exact) mass is 371 g/mol. The molecule has 8 nitrogen and oxygen atoms in total. The van der Waals surface area contributed by atoms with Gasteiger partial charge in [-0.3, -0.25) is 0 Å². The van der Waals surface area contributed by atoms with Crippen LogP contribution in [0.25, 0.3) is 0 Å². The zero-order chi connectivity index (χ0) is 19.3. The van der Waals surface area contributed by atoms with Crippen molar-refractivity contribution in [3.05, 3.63) is 11.4 Å². The summed E-state index contributed by atoms with van der Waals surface area (Å²) in [5.74, 6) is -1.40. The number of carbonyl (C=O) groups is 2. The molecule has 0 bridgehead atoms. The average molecular weight is 372 g/mol. The summed E-state index contributed by atoms with van der Waals surface area (Å²) in [6.45, 7) is 8.71. The van der Waals surface area contributed by atoms with Crippen molar-refractivity contribution in [1.82, 2.24) is 15.0 Å². The van der Waals surface area contributed by atoms with Gasteiger partial charge in [0.25, 0.3) is 0 Å². The summed E-state index contributed by atoms with van der Waals surface area (Å²) in [5.41, 5.74) is -0.135. The van der Waals surface area contributed by atoms with Crippen LogP contribution < -0.4 is 0 Å². The summed E-state index contributed by atoms with van der Waals surface area (Å²) in [4.78, 5) is 23.6. The molecular weight excluding hydrogens is 342 g/mol. The highest BCUT2D eigenvalue weighted by Gasteiger charge is 2.39. The molecule has 25 heavy (non-hydrogen) atoms. The number of unbranched alkanes of at least 4 members (excludes halogenated alkanes) is 1. The minimum Gasteiger partial charge on any atom is -0.464 e. The highest BCUT2D eigenvalue weighted by atomic mass is 28.3. The van der Waals surface area contributed by atoms with E-state index in [1.807, 2.05) is 13.8 Å². The van der Waals surface area contributed by atoms with E-state index in [9.17, 15) is 14.7 Å². The van der Waals surface area contributed by atoms with E-state index in [1.54, 1.807) is 0 Å². The van der Waals surface area contributed by atoms with Gasteiger partial charge in [0.2, 0.25) is 5.69 Å². The van der Waals surface area contributed by atoms with Gasteiger partial charge in [-0.2, -0.15) is 0 Å². The fraction of sp³-hybridized carbons (Fsp3) is 0.750. The van der Waals surface area contributed by atoms with Crippen LogP contribution >= 0.6 is 0 Å². The number of carbonyl (C=O) groups excluding carboxylic acids is 2. The number of ether oxygens (including phenoxy) is 2. The van der Waals surface area contributed by atoms with Gasteiger partial charge >= 0.3 is 11.9 Å². The van der Waals surface area contributed by atoms with E-state index in [2.05, 4.69) is 28.1 Å². The Morgan fingerprint density at radius 3 is 2.32 bits per heavy atom. The van der Waals surface area contributed by atoms with Crippen molar-refractivity contribution >= 4 is 20.0 Å². The van der Waals surface area contributed by atoms with Gasteiger partial charge < -0.3 is 14.6 Å². The molecule has 0 spiro atoms. The molecule has 1 aromatic rings. The third kappa shape index (κ3) is 4.88. The predicted octanol–water partition coefficient (Wildman–Crippen LogP) is 2.04. The lowest BCUT2D eigenvalue weighted by atomic mass is 10.3. The number of aromatic nitrogens is 3. The quantitative estimate of drug-likeness (QED) is 0.402. The van der Waals surface area contributed by atoms with Gasteiger partial charge in [-0.1, -0.05) is 37.7 Å². The SMILES string of the molecule is CCC(C)(O)[Si](C)(C)CCCCn1nnc(C(=O)OC)c1C(=O)OC. The molecule has 1 atom stereocenters. The molecule has 1 unspecified atom stereocenters. The largest absolute Gasteiger partial charge is 0.464 e. The van der Waals surface area contributed by atoms with E-state index in [-0.39, 0.29) is 11.4 Å². The third-order valence-electron chi connectivity index (χ3n) is 5.06. The molecule has 0 amide bonds. The number of methoxy groups -OCH3 is 2. The van der Waals surface area contributed by atoms with Crippen LogP contribution in [-0.4, -0.2) is 59.6 Å². The maximum Gasteiger partial charge on any atom is 0.361 e. The lowest BCUT2D eigenvalue weighted by Gasteiger charge is -2.38. The van der Waals surface area contributed by atoms with Crippen LogP contribution in [0.4, 0.5) is 0 Å². The second-order valence-electron chi connectivity index (χ2n) is 6.96. The molecule has 1 rings (SSSR count). The zero-order valence-corrected chi connectivity index (χ0v) is 17.0. The average Bonchev–Trinajstić information content (AvgIpc) is 3.00. The molecule has 0 aliphatic rings. The zero-order valence-electron chi connectivity index (χ0n) is 16.0. The van der Waals surface area contributed by atoms with Crippen molar-refractivity contribution in [3.63, 3.8) is 0 Å². The Hall–Kier alpha value is -1.74. The smallest absolute Gasteiger partial charge is 0.361 e. The van der Waals surface area contributed by atoms with E-state index in [0.29, 0.717) is 6.54 Å². The van der Waals surface area contributed by atoms with Gasteiger partial charge in [-0.05, 0) is 19.8 Å². The Labute approximate surface area is 149 Å². The van der Waals surface area contributed by atoms with E-state index in [4.69, 9.17) is 4.74 Å². The number of hydrogen-bond donors (Lipinski definition) is 1. The fourth-order valence-corrected chi connectivity index (χ4v) is 5.21. The molecule has 0 saturated heterocycles.